The number of hydrogen-bond donors (Lipinski definition) is 1. The molecule has 5 heteroatoms. The molecule has 1 aliphatic heterocycles. The summed E-state index contributed by atoms with van der Waals surface area (Å²) < 4.78 is 5.56. The summed E-state index contributed by atoms with van der Waals surface area (Å²) >= 11 is 0. The SMILES string of the molecule is Cc1ccc2oc(C(=O)N3CCNCC3)cc2n1. The van der Waals surface area contributed by atoms with Crippen LogP contribution in [0.1, 0.15) is 16.2 Å². The summed E-state index contributed by atoms with van der Waals surface area (Å²) in [5, 5.41) is 3.22. The van der Waals surface area contributed by atoms with E-state index in [4.69, 9.17) is 4.42 Å². The quantitative estimate of drug-likeness (QED) is 0.819. The number of nitrogens with zero attached hydrogens (tertiary/aromatic N) is 2. The number of furan rings is 1. The van der Waals surface area contributed by atoms with Crippen LogP contribution < -0.4 is 5.32 Å². The number of rotatable bonds is 1. The van der Waals surface area contributed by atoms with Gasteiger partial charge in [0.25, 0.3) is 5.91 Å². The molecule has 1 N–H and O–H groups in total. The fraction of sp³-hybridized carbons (Fsp3) is 0.385. The summed E-state index contributed by atoms with van der Waals surface area (Å²) in [6.07, 6.45) is 0. The van der Waals surface area contributed by atoms with Crippen LogP contribution in [0, 0.1) is 6.92 Å². The molecule has 0 aliphatic carbocycles. The van der Waals surface area contributed by atoms with Crippen LogP contribution in [0.3, 0.4) is 0 Å². The number of aromatic nitrogens is 1. The lowest BCUT2D eigenvalue weighted by molar-refractivity contribution is 0.0706. The van der Waals surface area contributed by atoms with E-state index in [1.807, 2.05) is 19.1 Å². The Bertz CT molecular complexity index is 585. The predicted molar refractivity (Wildman–Crippen MR) is 67.5 cm³/mol. The van der Waals surface area contributed by atoms with Gasteiger partial charge >= 0.3 is 0 Å². The molecule has 0 aromatic carbocycles. The van der Waals surface area contributed by atoms with Crippen molar-refractivity contribution >= 4 is 17.0 Å². The van der Waals surface area contributed by atoms with E-state index in [1.54, 1.807) is 11.0 Å². The molecule has 5 nitrogen and oxygen atoms in total. The smallest absolute Gasteiger partial charge is 0.289 e. The number of nitrogens with one attached hydrogen (secondary N) is 1. The molecular weight excluding hydrogens is 230 g/mol. The van der Waals surface area contributed by atoms with Gasteiger partial charge < -0.3 is 14.6 Å². The van der Waals surface area contributed by atoms with Crippen molar-refractivity contribution in [1.82, 2.24) is 15.2 Å². The highest BCUT2D eigenvalue weighted by molar-refractivity contribution is 5.95. The first kappa shape index (κ1) is 11.2. The standard InChI is InChI=1S/C13H15N3O2/c1-9-2-3-11-10(15-9)8-12(18-11)13(17)16-6-4-14-5-7-16/h2-3,8,14H,4-7H2,1H3. The van der Waals surface area contributed by atoms with E-state index < -0.39 is 0 Å². The molecule has 0 radical (unpaired) electrons. The highest BCUT2D eigenvalue weighted by atomic mass is 16.3. The second kappa shape index (κ2) is 4.42. The van der Waals surface area contributed by atoms with E-state index in [0.717, 1.165) is 37.4 Å². The summed E-state index contributed by atoms with van der Waals surface area (Å²) in [5.41, 5.74) is 2.33. The van der Waals surface area contributed by atoms with Crippen LogP contribution in [-0.2, 0) is 0 Å². The van der Waals surface area contributed by atoms with Crippen molar-refractivity contribution in [2.24, 2.45) is 0 Å². The van der Waals surface area contributed by atoms with E-state index in [2.05, 4.69) is 10.3 Å². The van der Waals surface area contributed by atoms with Crippen LogP contribution in [0.25, 0.3) is 11.1 Å². The zero-order valence-corrected chi connectivity index (χ0v) is 10.3. The second-order valence-electron chi connectivity index (χ2n) is 4.49. The van der Waals surface area contributed by atoms with Gasteiger partial charge in [-0.25, -0.2) is 4.98 Å². The lowest BCUT2D eigenvalue weighted by Gasteiger charge is -2.26. The first-order valence-corrected chi connectivity index (χ1v) is 6.11. The van der Waals surface area contributed by atoms with Crippen LogP contribution in [0.2, 0.25) is 0 Å². The highest BCUT2D eigenvalue weighted by Gasteiger charge is 2.21. The topological polar surface area (TPSA) is 58.4 Å². The van der Waals surface area contributed by atoms with Gasteiger partial charge in [-0.1, -0.05) is 0 Å². The number of pyridine rings is 1. The van der Waals surface area contributed by atoms with Crippen molar-refractivity contribution < 1.29 is 9.21 Å². The maximum Gasteiger partial charge on any atom is 0.289 e. The van der Waals surface area contributed by atoms with E-state index in [1.165, 1.54) is 0 Å². The molecule has 1 aliphatic rings. The normalized spacial score (nSPS) is 16.2. The average Bonchev–Trinajstić information content (AvgIpc) is 2.81. The lowest BCUT2D eigenvalue weighted by Crippen LogP contribution is -2.46. The van der Waals surface area contributed by atoms with E-state index >= 15 is 0 Å². The number of aryl methyl sites for hydroxylation is 1. The van der Waals surface area contributed by atoms with Gasteiger partial charge in [0.15, 0.2) is 11.3 Å². The van der Waals surface area contributed by atoms with Crippen molar-refractivity contribution in [2.75, 3.05) is 26.2 Å². The maximum atomic E-state index is 12.2. The number of piperazine rings is 1. The van der Waals surface area contributed by atoms with E-state index in [9.17, 15) is 4.79 Å². The van der Waals surface area contributed by atoms with Crippen molar-refractivity contribution in [1.29, 1.82) is 0 Å². The number of hydrogen-bond acceptors (Lipinski definition) is 4. The Labute approximate surface area is 105 Å². The largest absolute Gasteiger partial charge is 0.449 e. The van der Waals surface area contributed by atoms with E-state index in [-0.39, 0.29) is 5.91 Å². The molecule has 2 aromatic heterocycles. The van der Waals surface area contributed by atoms with Crippen LogP contribution in [0.4, 0.5) is 0 Å². The van der Waals surface area contributed by atoms with Gasteiger partial charge in [-0.3, -0.25) is 4.79 Å². The van der Waals surface area contributed by atoms with Crippen molar-refractivity contribution in [2.45, 2.75) is 6.92 Å². The molecule has 0 saturated carbocycles. The third-order valence-electron chi connectivity index (χ3n) is 3.13. The maximum absolute atomic E-state index is 12.2. The number of carbonyl (C=O) groups excluding carboxylic acids is 1. The van der Waals surface area contributed by atoms with Crippen LogP contribution in [0.15, 0.2) is 22.6 Å². The van der Waals surface area contributed by atoms with Gasteiger partial charge in [-0.15, -0.1) is 0 Å². The molecule has 3 rings (SSSR count). The minimum atomic E-state index is -0.0489. The second-order valence-corrected chi connectivity index (χ2v) is 4.49. The van der Waals surface area contributed by atoms with Gasteiger partial charge in [0.05, 0.1) is 0 Å². The fourth-order valence-electron chi connectivity index (χ4n) is 2.15. The molecule has 2 aromatic rings. The van der Waals surface area contributed by atoms with E-state index in [0.29, 0.717) is 11.3 Å². The van der Waals surface area contributed by atoms with Gasteiger partial charge in [0, 0.05) is 37.9 Å². The molecule has 0 bridgehead atoms. The summed E-state index contributed by atoms with van der Waals surface area (Å²) in [5.74, 6) is 0.331. The summed E-state index contributed by atoms with van der Waals surface area (Å²) in [4.78, 5) is 18.4. The van der Waals surface area contributed by atoms with Crippen LogP contribution >= 0.6 is 0 Å². The molecule has 0 unspecified atom stereocenters. The molecule has 94 valence electrons. The summed E-state index contributed by atoms with van der Waals surface area (Å²) in [6.45, 7) is 5.04. The van der Waals surface area contributed by atoms with Gasteiger partial charge in [-0.2, -0.15) is 0 Å². The monoisotopic (exact) mass is 245 g/mol. The molecule has 0 atom stereocenters. The Morgan fingerprint density at radius 3 is 2.94 bits per heavy atom. The van der Waals surface area contributed by atoms with Crippen LogP contribution in [0.5, 0.6) is 0 Å². The van der Waals surface area contributed by atoms with Crippen molar-refractivity contribution in [3.8, 4) is 0 Å². The molecule has 3 heterocycles. The Kier molecular flexibility index (Phi) is 2.76. The number of amides is 1. The third-order valence-corrected chi connectivity index (χ3v) is 3.13. The fourth-order valence-corrected chi connectivity index (χ4v) is 2.15. The number of carbonyl (C=O) groups is 1. The van der Waals surface area contributed by atoms with Crippen molar-refractivity contribution in [3.05, 3.63) is 29.7 Å². The Morgan fingerprint density at radius 2 is 2.17 bits per heavy atom. The molecule has 1 amide bonds. The molecule has 1 saturated heterocycles. The molecule has 1 fully saturated rings. The molecule has 0 spiro atoms. The minimum absolute atomic E-state index is 0.0489. The Morgan fingerprint density at radius 1 is 1.39 bits per heavy atom. The summed E-state index contributed by atoms with van der Waals surface area (Å²) in [7, 11) is 0. The molecular formula is C13H15N3O2. The van der Waals surface area contributed by atoms with Gasteiger partial charge in [0.2, 0.25) is 0 Å². The minimum Gasteiger partial charge on any atom is -0.449 e. The zero-order valence-electron chi connectivity index (χ0n) is 10.3. The predicted octanol–water partition coefficient (Wildman–Crippen LogP) is 1.18. The van der Waals surface area contributed by atoms with Gasteiger partial charge in [0.1, 0.15) is 5.52 Å². The number of fused-ring (bicyclic) bond motifs is 1. The lowest BCUT2D eigenvalue weighted by atomic mass is 10.3. The highest BCUT2D eigenvalue weighted by Crippen LogP contribution is 2.19. The Hall–Kier alpha value is -1.88. The Balaban J connectivity index is 1.91. The first-order chi connectivity index (χ1) is 8.74. The van der Waals surface area contributed by atoms with Crippen LogP contribution in [-0.4, -0.2) is 42.0 Å². The zero-order chi connectivity index (χ0) is 12.5. The third kappa shape index (κ3) is 1.97. The molecule has 18 heavy (non-hydrogen) atoms. The summed E-state index contributed by atoms with van der Waals surface area (Å²) in [6, 6.07) is 5.46. The average molecular weight is 245 g/mol. The van der Waals surface area contributed by atoms with Crippen molar-refractivity contribution in [3.63, 3.8) is 0 Å². The van der Waals surface area contributed by atoms with Gasteiger partial charge in [-0.05, 0) is 19.1 Å². The first-order valence-electron chi connectivity index (χ1n) is 6.11.